The molecule has 144 valence electrons. The largest absolute Gasteiger partial charge is 0.475 e. The van der Waals surface area contributed by atoms with E-state index in [-0.39, 0.29) is 5.69 Å². The molecule has 0 spiro atoms. The van der Waals surface area contributed by atoms with Gasteiger partial charge in [-0.3, -0.25) is 9.59 Å². The summed E-state index contributed by atoms with van der Waals surface area (Å²) in [7, 11) is -1.67. The molecule has 0 aliphatic rings. The normalized spacial score (nSPS) is 12.9. The van der Waals surface area contributed by atoms with Crippen molar-refractivity contribution in [2.75, 3.05) is 18.6 Å². The number of rotatable bonds is 12. The van der Waals surface area contributed by atoms with E-state index < -0.39 is 30.9 Å². The number of carbonyl (C=O) groups excluding carboxylic acids is 2. The molecule has 0 unspecified atom stereocenters. The summed E-state index contributed by atoms with van der Waals surface area (Å²) in [6, 6.07) is 0.627. The third-order valence-electron chi connectivity index (χ3n) is 3.70. The number of aromatic nitrogens is 2. The molecule has 6 N–H and O–H groups in total. The molecule has 2 amide bonds. The Balaban J connectivity index is 2.76. The van der Waals surface area contributed by atoms with E-state index in [1.54, 1.807) is 0 Å². The van der Waals surface area contributed by atoms with Gasteiger partial charge in [-0.25, -0.2) is 9.97 Å². The van der Waals surface area contributed by atoms with Crippen molar-refractivity contribution in [3.05, 3.63) is 24.3 Å². The van der Waals surface area contributed by atoms with Crippen LogP contribution in [-0.2, 0) is 4.79 Å². The number of nitrogens with two attached hydrogens (primary N) is 1. The monoisotopic (exact) mass is 383 g/mol. The molecule has 0 saturated carbocycles. The molecular weight excluding hydrogens is 357 g/mol. The molecule has 0 fully saturated rings. The molecule has 1 heterocycles. The van der Waals surface area contributed by atoms with E-state index in [2.05, 4.69) is 20.6 Å². The molecule has 1 rings (SSSR count). The number of unbranched alkanes of at least 4 members (excludes halogenated alkanes) is 1. The minimum atomic E-state index is -1.67. The number of nitrogens with zero attached hydrogens (tertiary/aromatic N) is 2. The van der Waals surface area contributed by atoms with Gasteiger partial charge in [0.2, 0.25) is 5.91 Å². The Hall–Kier alpha value is -1.69. The van der Waals surface area contributed by atoms with Crippen LogP contribution in [0, 0.1) is 0 Å². The second kappa shape index (κ2) is 12.6. The molecule has 0 saturated heterocycles. The zero-order chi connectivity index (χ0) is 19.4. The van der Waals surface area contributed by atoms with Gasteiger partial charge in [0.15, 0.2) is 0 Å². The quantitative estimate of drug-likeness (QED) is 0.227. The van der Waals surface area contributed by atoms with Gasteiger partial charge in [0.1, 0.15) is 18.1 Å². The number of hydrogen-bond acceptors (Lipinski definition) is 8. The fraction of sp³-hybridized carbons (Fsp3) is 0.600. The molecule has 0 aliphatic heterocycles. The highest BCUT2D eigenvalue weighted by Gasteiger charge is 2.29. The first-order chi connectivity index (χ1) is 12.5. The van der Waals surface area contributed by atoms with Gasteiger partial charge >= 0.3 is 7.12 Å². The second-order valence-corrected chi connectivity index (χ2v) is 6.70. The van der Waals surface area contributed by atoms with Gasteiger partial charge in [-0.2, -0.15) is 11.8 Å². The maximum atomic E-state index is 12.6. The van der Waals surface area contributed by atoms with E-state index in [0.29, 0.717) is 38.0 Å². The smallest absolute Gasteiger partial charge is 0.426 e. The lowest BCUT2D eigenvalue weighted by Gasteiger charge is -2.23. The average Bonchev–Trinajstić information content (AvgIpc) is 2.64. The van der Waals surface area contributed by atoms with E-state index in [1.807, 2.05) is 6.26 Å². The Morgan fingerprint density at radius 3 is 2.65 bits per heavy atom. The van der Waals surface area contributed by atoms with Gasteiger partial charge in [0.25, 0.3) is 5.91 Å². The maximum absolute atomic E-state index is 12.6. The van der Waals surface area contributed by atoms with E-state index in [1.165, 1.54) is 30.4 Å². The molecule has 2 atom stereocenters. The second-order valence-electron chi connectivity index (χ2n) is 5.72. The average molecular weight is 383 g/mol. The number of hydrogen-bond donors (Lipinski definition) is 5. The van der Waals surface area contributed by atoms with Crippen LogP contribution in [-0.4, -0.2) is 69.5 Å². The molecule has 9 nitrogen and oxygen atoms in total. The Morgan fingerprint density at radius 1 is 1.31 bits per heavy atom. The van der Waals surface area contributed by atoms with Crippen molar-refractivity contribution in [1.82, 2.24) is 20.6 Å². The van der Waals surface area contributed by atoms with E-state index in [9.17, 15) is 19.6 Å². The minimum Gasteiger partial charge on any atom is -0.426 e. The zero-order valence-corrected chi connectivity index (χ0v) is 15.6. The van der Waals surface area contributed by atoms with Gasteiger partial charge in [0, 0.05) is 6.20 Å². The van der Waals surface area contributed by atoms with Gasteiger partial charge in [0.05, 0.1) is 5.94 Å². The Morgan fingerprint density at radius 2 is 2.08 bits per heavy atom. The zero-order valence-electron chi connectivity index (χ0n) is 14.8. The van der Waals surface area contributed by atoms with Gasteiger partial charge in [-0.1, -0.05) is 0 Å². The van der Waals surface area contributed by atoms with Crippen molar-refractivity contribution in [2.45, 2.75) is 37.7 Å². The third kappa shape index (κ3) is 8.13. The summed E-state index contributed by atoms with van der Waals surface area (Å²) < 4.78 is 0. The molecule has 0 aromatic carbocycles. The summed E-state index contributed by atoms with van der Waals surface area (Å²) in [5, 5.41) is 24.2. The van der Waals surface area contributed by atoms with Crippen LogP contribution in [0.25, 0.3) is 0 Å². The van der Waals surface area contributed by atoms with Gasteiger partial charge in [-0.15, -0.1) is 0 Å². The van der Waals surface area contributed by atoms with Crippen LogP contribution < -0.4 is 16.4 Å². The molecule has 0 radical (unpaired) electrons. The first-order valence-electron chi connectivity index (χ1n) is 8.42. The van der Waals surface area contributed by atoms with Crippen molar-refractivity contribution in [3.63, 3.8) is 0 Å². The predicted molar refractivity (Wildman–Crippen MR) is 101 cm³/mol. The first kappa shape index (κ1) is 22.4. The van der Waals surface area contributed by atoms with Gasteiger partial charge in [-0.05, 0) is 50.3 Å². The van der Waals surface area contributed by atoms with Crippen molar-refractivity contribution in [3.8, 4) is 0 Å². The number of nitrogens with one attached hydrogen (secondary N) is 2. The summed E-state index contributed by atoms with van der Waals surface area (Å²) in [5.41, 5.74) is 5.64. The summed E-state index contributed by atoms with van der Waals surface area (Å²) in [5.74, 6) is -1.11. The lowest BCUT2D eigenvalue weighted by molar-refractivity contribution is -0.123. The van der Waals surface area contributed by atoms with Crippen LogP contribution in [0.5, 0.6) is 0 Å². The maximum Gasteiger partial charge on any atom is 0.475 e. The third-order valence-corrected chi connectivity index (χ3v) is 4.35. The van der Waals surface area contributed by atoms with E-state index in [4.69, 9.17) is 5.73 Å². The van der Waals surface area contributed by atoms with Crippen LogP contribution in [0.4, 0.5) is 0 Å². The Kier molecular flexibility index (Phi) is 10.9. The molecule has 11 heteroatoms. The highest BCUT2D eigenvalue weighted by molar-refractivity contribution is 7.98. The SMILES string of the molecule is CSCC[C@H](NC(=O)[C@H](CCCCN)NC(=O)c1ccncn1)B(O)O. The van der Waals surface area contributed by atoms with E-state index in [0.717, 1.165) is 0 Å². The van der Waals surface area contributed by atoms with Crippen molar-refractivity contribution < 1.29 is 19.6 Å². The summed E-state index contributed by atoms with van der Waals surface area (Å²) in [6.45, 7) is 0.486. The van der Waals surface area contributed by atoms with Gasteiger partial charge < -0.3 is 26.4 Å². The number of carbonyl (C=O) groups is 2. The molecule has 1 aromatic heterocycles. The Bertz CT molecular complexity index is 552. The minimum absolute atomic E-state index is 0.151. The highest BCUT2D eigenvalue weighted by Crippen LogP contribution is 2.06. The molecule has 1 aromatic rings. The Labute approximate surface area is 157 Å². The van der Waals surface area contributed by atoms with Crippen molar-refractivity contribution in [2.24, 2.45) is 5.73 Å². The molecule has 26 heavy (non-hydrogen) atoms. The fourth-order valence-electron chi connectivity index (χ4n) is 2.24. The fourth-order valence-corrected chi connectivity index (χ4v) is 2.73. The van der Waals surface area contributed by atoms with Crippen LogP contribution >= 0.6 is 11.8 Å². The molecule has 0 aliphatic carbocycles. The van der Waals surface area contributed by atoms with E-state index >= 15 is 0 Å². The first-order valence-corrected chi connectivity index (χ1v) is 9.81. The van der Waals surface area contributed by atoms with Crippen LogP contribution in [0.2, 0.25) is 0 Å². The van der Waals surface area contributed by atoms with Crippen LogP contribution in [0.1, 0.15) is 36.2 Å². The number of thioether (sulfide) groups is 1. The summed E-state index contributed by atoms with van der Waals surface area (Å²) in [4.78, 5) is 32.4. The lowest BCUT2D eigenvalue weighted by atomic mass is 9.77. The van der Waals surface area contributed by atoms with Crippen molar-refractivity contribution in [1.29, 1.82) is 0 Å². The molecular formula is C15H26BN5O4S. The standard InChI is InChI=1S/C15H26BN5O4S/c1-26-9-6-13(16(24)25)21-15(23)12(4-2-3-7-17)20-14(22)11-5-8-18-10-19-11/h5,8,10,12-13,24-25H,2-4,6-7,9,17H2,1H3,(H,20,22)(H,21,23)/t12-,13-/m0/s1. The summed E-state index contributed by atoms with van der Waals surface area (Å²) in [6.07, 6.45) is 6.73. The van der Waals surface area contributed by atoms with Crippen LogP contribution in [0.3, 0.4) is 0 Å². The lowest BCUT2D eigenvalue weighted by Crippen LogP contribution is -2.54. The predicted octanol–water partition coefficient (Wildman–Crippen LogP) is -1.05. The highest BCUT2D eigenvalue weighted by atomic mass is 32.2. The number of amides is 2. The van der Waals surface area contributed by atoms with Crippen molar-refractivity contribution >= 4 is 30.7 Å². The topological polar surface area (TPSA) is 150 Å². The van der Waals surface area contributed by atoms with Crippen LogP contribution in [0.15, 0.2) is 18.6 Å². The summed E-state index contributed by atoms with van der Waals surface area (Å²) >= 11 is 1.54. The molecule has 0 bridgehead atoms.